The molecule has 0 spiro atoms. The molecule has 6 nitrogen and oxygen atoms in total. The molecule has 7 heteroatoms. The summed E-state index contributed by atoms with van der Waals surface area (Å²) in [7, 11) is 0. The van der Waals surface area contributed by atoms with Crippen LogP contribution in [0.2, 0.25) is 0 Å². The van der Waals surface area contributed by atoms with Gasteiger partial charge in [0.2, 0.25) is 0 Å². The highest BCUT2D eigenvalue weighted by atomic mass is 32.1. The van der Waals surface area contributed by atoms with E-state index in [9.17, 15) is 9.59 Å². The van der Waals surface area contributed by atoms with E-state index in [1.54, 1.807) is 6.92 Å². The van der Waals surface area contributed by atoms with Gasteiger partial charge in [-0.15, -0.1) is 11.3 Å². The van der Waals surface area contributed by atoms with Crippen LogP contribution < -0.4 is 5.32 Å². The molecular formula is C11H14N2O4S. The molecule has 0 aliphatic heterocycles. The van der Waals surface area contributed by atoms with Crippen LogP contribution in [0.3, 0.4) is 0 Å². The van der Waals surface area contributed by atoms with E-state index in [2.05, 4.69) is 10.3 Å². The van der Waals surface area contributed by atoms with E-state index in [1.165, 1.54) is 11.3 Å². The number of hydrogen-bond acceptors (Lipinski definition) is 6. The lowest BCUT2D eigenvalue weighted by Gasteiger charge is -2.03. The Morgan fingerprint density at radius 1 is 1.61 bits per heavy atom. The first-order chi connectivity index (χ1) is 8.61. The van der Waals surface area contributed by atoms with Gasteiger partial charge >= 0.3 is 11.9 Å². The third-order valence-electron chi connectivity index (χ3n) is 2.71. The number of thiazole rings is 1. The summed E-state index contributed by atoms with van der Waals surface area (Å²) in [6.07, 6.45) is 1.35. The summed E-state index contributed by atoms with van der Waals surface area (Å²) in [5, 5.41) is 12.5. The SMILES string of the molecule is CCOC(=O)CNc1nc2c(s1)CCC2C(=O)O. The van der Waals surface area contributed by atoms with Crippen LogP contribution in [-0.4, -0.2) is 35.2 Å². The van der Waals surface area contributed by atoms with Crippen LogP contribution in [0.1, 0.15) is 29.8 Å². The van der Waals surface area contributed by atoms with Crippen molar-refractivity contribution < 1.29 is 19.4 Å². The van der Waals surface area contributed by atoms with E-state index in [1.807, 2.05) is 0 Å². The number of fused-ring (bicyclic) bond motifs is 1. The van der Waals surface area contributed by atoms with Crippen molar-refractivity contribution in [2.75, 3.05) is 18.5 Å². The first-order valence-corrected chi connectivity index (χ1v) is 6.55. The number of aromatic nitrogens is 1. The molecule has 2 N–H and O–H groups in total. The van der Waals surface area contributed by atoms with Gasteiger partial charge in [-0.2, -0.15) is 0 Å². The lowest BCUT2D eigenvalue weighted by Crippen LogP contribution is -2.16. The molecule has 1 unspecified atom stereocenters. The maximum atomic E-state index is 11.2. The van der Waals surface area contributed by atoms with Gasteiger partial charge in [-0.3, -0.25) is 9.59 Å². The van der Waals surface area contributed by atoms with E-state index >= 15 is 0 Å². The van der Waals surface area contributed by atoms with Gasteiger partial charge in [0.25, 0.3) is 0 Å². The van der Waals surface area contributed by atoms with Gasteiger partial charge in [0.1, 0.15) is 12.5 Å². The minimum absolute atomic E-state index is 0.0535. The smallest absolute Gasteiger partial charge is 0.325 e. The predicted octanol–water partition coefficient (Wildman–Crippen LogP) is 1.23. The third-order valence-corrected chi connectivity index (χ3v) is 3.79. The molecular weight excluding hydrogens is 256 g/mol. The topological polar surface area (TPSA) is 88.5 Å². The molecule has 1 aliphatic carbocycles. The summed E-state index contributed by atoms with van der Waals surface area (Å²) < 4.78 is 4.78. The van der Waals surface area contributed by atoms with Crippen molar-refractivity contribution >= 4 is 28.4 Å². The Bertz CT molecular complexity index is 472. The van der Waals surface area contributed by atoms with Gasteiger partial charge in [-0.25, -0.2) is 4.98 Å². The second kappa shape index (κ2) is 5.34. The minimum atomic E-state index is -0.837. The van der Waals surface area contributed by atoms with Gasteiger partial charge in [-0.05, 0) is 19.8 Å². The fourth-order valence-electron chi connectivity index (χ4n) is 1.90. The van der Waals surface area contributed by atoms with Gasteiger partial charge < -0.3 is 15.2 Å². The number of hydrogen-bond donors (Lipinski definition) is 2. The minimum Gasteiger partial charge on any atom is -0.481 e. The van der Waals surface area contributed by atoms with Crippen molar-refractivity contribution in [3.8, 4) is 0 Å². The number of aliphatic carboxylic acids is 1. The summed E-state index contributed by atoms with van der Waals surface area (Å²) in [5.41, 5.74) is 0.638. The van der Waals surface area contributed by atoms with Crippen LogP contribution in [0.15, 0.2) is 0 Å². The number of esters is 1. The summed E-state index contributed by atoms with van der Waals surface area (Å²) in [5.74, 6) is -1.69. The first kappa shape index (κ1) is 12.8. The average Bonchev–Trinajstić information content (AvgIpc) is 2.85. The Labute approximate surface area is 108 Å². The molecule has 1 aromatic rings. The van der Waals surface area contributed by atoms with E-state index in [0.29, 0.717) is 23.9 Å². The van der Waals surface area contributed by atoms with Gasteiger partial charge in [0.05, 0.1) is 12.3 Å². The average molecular weight is 270 g/mol. The fraction of sp³-hybridized carbons (Fsp3) is 0.545. The molecule has 0 fully saturated rings. The molecule has 0 radical (unpaired) electrons. The number of carbonyl (C=O) groups excluding carboxylic acids is 1. The highest BCUT2D eigenvalue weighted by Crippen LogP contribution is 2.38. The Kier molecular flexibility index (Phi) is 3.81. The number of nitrogens with zero attached hydrogens (tertiary/aromatic N) is 1. The maximum absolute atomic E-state index is 11.2. The van der Waals surface area contributed by atoms with Crippen LogP contribution in [0.25, 0.3) is 0 Å². The highest BCUT2D eigenvalue weighted by Gasteiger charge is 2.32. The molecule has 0 aromatic carbocycles. The number of ether oxygens (including phenoxy) is 1. The zero-order valence-electron chi connectivity index (χ0n) is 9.93. The maximum Gasteiger partial charge on any atom is 0.325 e. The van der Waals surface area contributed by atoms with Crippen LogP contribution in [0.5, 0.6) is 0 Å². The van der Waals surface area contributed by atoms with Crippen molar-refractivity contribution in [1.82, 2.24) is 4.98 Å². The predicted molar refractivity (Wildman–Crippen MR) is 65.9 cm³/mol. The molecule has 1 aliphatic rings. The molecule has 98 valence electrons. The van der Waals surface area contributed by atoms with Crippen molar-refractivity contribution in [3.63, 3.8) is 0 Å². The van der Waals surface area contributed by atoms with Crippen LogP contribution in [0.4, 0.5) is 5.13 Å². The van der Waals surface area contributed by atoms with Crippen molar-refractivity contribution in [1.29, 1.82) is 0 Å². The first-order valence-electron chi connectivity index (χ1n) is 5.73. The highest BCUT2D eigenvalue weighted by molar-refractivity contribution is 7.15. The number of carbonyl (C=O) groups is 2. The number of carboxylic acid groups (broad SMARTS) is 1. The van der Waals surface area contributed by atoms with E-state index in [4.69, 9.17) is 9.84 Å². The monoisotopic (exact) mass is 270 g/mol. The normalized spacial score (nSPS) is 17.3. The molecule has 0 saturated heterocycles. The van der Waals surface area contributed by atoms with E-state index in [0.717, 1.165) is 11.3 Å². The lowest BCUT2D eigenvalue weighted by atomic mass is 10.1. The lowest BCUT2D eigenvalue weighted by molar-refractivity contribution is -0.141. The molecule has 0 amide bonds. The summed E-state index contributed by atoms with van der Waals surface area (Å²) in [6, 6.07) is 0. The molecule has 0 bridgehead atoms. The number of anilines is 1. The molecule has 1 heterocycles. The van der Waals surface area contributed by atoms with Crippen LogP contribution in [0, 0.1) is 0 Å². The number of carboxylic acids is 1. The zero-order valence-corrected chi connectivity index (χ0v) is 10.7. The van der Waals surface area contributed by atoms with Gasteiger partial charge in [0.15, 0.2) is 5.13 Å². The number of aryl methyl sites for hydroxylation is 1. The number of rotatable bonds is 5. The van der Waals surface area contributed by atoms with E-state index in [-0.39, 0.29) is 12.5 Å². The zero-order chi connectivity index (χ0) is 13.1. The standard InChI is InChI=1S/C11H14N2O4S/c1-2-17-8(14)5-12-11-13-9-6(10(15)16)3-4-7(9)18-11/h6H,2-5H2,1H3,(H,12,13)(H,15,16). The Balaban J connectivity index is 1.99. The molecule has 18 heavy (non-hydrogen) atoms. The Hall–Kier alpha value is -1.63. The summed E-state index contributed by atoms with van der Waals surface area (Å²) in [4.78, 5) is 27.4. The second-order valence-corrected chi connectivity index (χ2v) is 5.00. The number of nitrogens with one attached hydrogen (secondary N) is 1. The third kappa shape index (κ3) is 2.61. The van der Waals surface area contributed by atoms with Crippen molar-refractivity contribution in [2.45, 2.75) is 25.7 Å². The molecule has 2 rings (SSSR count). The van der Waals surface area contributed by atoms with Crippen molar-refractivity contribution in [2.24, 2.45) is 0 Å². The van der Waals surface area contributed by atoms with E-state index < -0.39 is 11.9 Å². The molecule has 1 atom stereocenters. The molecule has 0 saturated carbocycles. The van der Waals surface area contributed by atoms with Gasteiger partial charge in [0, 0.05) is 4.88 Å². The van der Waals surface area contributed by atoms with Gasteiger partial charge in [-0.1, -0.05) is 0 Å². The van der Waals surface area contributed by atoms with Crippen LogP contribution in [-0.2, 0) is 20.7 Å². The summed E-state index contributed by atoms with van der Waals surface area (Å²) >= 11 is 1.41. The molecule has 1 aromatic heterocycles. The summed E-state index contributed by atoms with van der Waals surface area (Å²) in [6.45, 7) is 2.14. The van der Waals surface area contributed by atoms with Crippen LogP contribution >= 0.6 is 11.3 Å². The quantitative estimate of drug-likeness (QED) is 0.782. The second-order valence-electron chi connectivity index (χ2n) is 3.92. The Morgan fingerprint density at radius 2 is 2.39 bits per heavy atom. The Morgan fingerprint density at radius 3 is 3.06 bits per heavy atom. The fourth-order valence-corrected chi connectivity index (χ4v) is 2.94. The largest absolute Gasteiger partial charge is 0.481 e. The van der Waals surface area contributed by atoms with Crippen molar-refractivity contribution in [3.05, 3.63) is 10.6 Å².